The SMILES string of the molecule is C.COc1ccc2c(-c3ccccc3C(=O)O)c3ccc(OC)cc3[o+]c2c1. The van der Waals surface area contributed by atoms with E-state index in [2.05, 4.69) is 0 Å². The van der Waals surface area contributed by atoms with Crippen molar-refractivity contribution < 1.29 is 23.8 Å². The standard InChI is InChI=1S/C22H16O5.CH4/c1-25-13-7-9-17-19(11-13)27-20-12-14(26-2)8-10-18(20)21(17)15-5-3-4-6-16(15)22(23)24;/h3-12H,1-2H3;1H4/p+1. The number of hydrogen-bond acceptors (Lipinski definition) is 3. The first-order chi connectivity index (χ1) is 13.1. The van der Waals surface area contributed by atoms with Crippen LogP contribution in [0.4, 0.5) is 0 Å². The third-order valence-electron chi connectivity index (χ3n) is 4.56. The summed E-state index contributed by atoms with van der Waals surface area (Å²) in [6.07, 6.45) is 0. The van der Waals surface area contributed by atoms with Crippen LogP contribution in [0.3, 0.4) is 0 Å². The maximum atomic E-state index is 11.8. The molecule has 0 atom stereocenters. The summed E-state index contributed by atoms with van der Waals surface area (Å²) in [6, 6.07) is 18.0. The van der Waals surface area contributed by atoms with Crippen molar-refractivity contribution in [3.05, 3.63) is 66.2 Å². The van der Waals surface area contributed by atoms with Gasteiger partial charge in [0.15, 0.2) is 0 Å². The fraction of sp³-hybridized carbons (Fsp3) is 0.130. The Hall–Kier alpha value is -3.60. The van der Waals surface area contributed by atoms with Crippen molar-refractivity contribution in [3.8, 4) is 22.6 Å². The molecule has 3 aromatic carbocycles. The smallest absolute Gasteiger partial charge is 0.365 e. The second kappa shape index (κ2) is 7.56. The zero-order valence-electron chi connectivity index (χ0n) is 14.9. The zero-order valence-corrected chi connectivity index (χ0v) is 14.9. The molecule has 1 heterocycles. The first-order valence-corrected chi connectivity index (χ1v) is 8.36. The van der Waals surface area contributed by atoms with E-state index in [0.29, 0.717) is 28.2 Å². The third kappa shape index (κ3) is 3.11. The van der Waals surface area contributed by atoms with Gasteiger partial charge in [0.2, 0.25) is 0 Å². The average Bonchev–Trinajstić information content (AvgIpc) is 2.71. The van der Waals surface area contributed by atoms with E-state index in [0.717, 1.165) is 16.3 Å². The molecular weight excluding hydrogens is 356 g/mol. The maximum Gasteiger partial charge on any atom is 0.365 e. The molecule has 1 N–H and O–H groups in total. The van der Waals surface area contributed by atoms with Gasteiger partial charge in [-0.3, -0.25) is 0 Å². The van der Waals surface area contributed by atoms with Crippen LogP contribution in [0.15, 0.2) is 65.1 Å². The molecule has 1 aromatic heterocycles. The molecule has 142 valence electrons. The van der Waals surface area contributed by atoms with Gasteiger partial charge in [-0.05, 0) is 35.9 Å². The lowest BCUT2D eigenvalue weighted by atomic mass is 9.93. The zero-order chi connectivity index (χ0) is 19.0. The Labute approximate surface area is 162 Å². The normalized spacial score (nSPS) is 10.5. The Morgan fingerprint density at radius 2 is 1.39 bits per heavy atom. The number of hydrogen-bond donors (Lipinski definition) is 1. The van der Waals surface area contributed by atoms with Gasteiger partial charge >= 0.3 is 17.1 Å². The molecule has 0 fully saturated rings. The highest BCUT2D eigenvalue weighted by molar-refractivity contribution is 6.12. The number of carboxylic acids is 1. The van der Waals surface area contributed by atoms with Crippen LogP contribution in [0.1, 0.15) is 17.8 Å². The van der Waals surface area contributed by atoms with Crippen molar-refractivity contribution in [3.63, 3.8) is 0 Å². The summed E-state index contributed by atoms with van der Waals surface area (Å²) < 4.78 is 16.7. The molecular formula is C23H21O5+. The topological polar surface area (TPSA) is 67.1 Å². The predicted octanol–water partition coefficient (Wildman–Crippen LogP) is 5.89. The number of fused-ring (bicyclic) bond motifs is 2. The van der Waals surface area contributed by atoms with Crippen LogP contribution >= 0.6 is 0 Å². The van der Waals surface area contributed by atoms with Crippen LogP contribution in [0.5, 0.6) is 11.5 Å². The second-order valence-electron chi connectivity index (χ2n) is 6.05. The quantitative estimate of drug-likeness (QED) is 0.355. The van der Waals surface area contributed by atoms with Crippen molar-refractivity contribution in [2.45, 2.75) is 7.43 Å². The van der Waals surface area contributed by atoms with Crippen LogP contribution in [0, 0.1) is 0 Å². The molecule has 0 bridgehead atoms. The number of carboxylic acid groups (broad SMARTS) is 1. The monoisotopic (exact) mass is 377 g/mol. The number of benzene rings is 3. The van der Waals surface area contributed by atoms with Gasteiger partial charge in [-0.25, -0.2) is 9.21 Å². The maximum absolute atomic E-state index is 11.8. The minimum Gasteiger partial charge on any atom is -0.496 e. The summed E-state index contributed by atoms with van der Waals surface area (Å²) in [5.41, 5.74) is 2.87. The number of methoxy groups -OCH3 is 2. The van der Waals surface area contributed by atoms with Crippen LogP contribution in [-0.2, 0) is 0 Å². The first kappa shape index (κ1) is 19.2. The van der Waals surface area contributed by atoms with Gasteiger partial charge < -0.3 is 14.6 Å². The number of rotatable bonds is 4. The Morgan fingerprint density at radius 1 is 0.857 bits per heavy atom. The Bertz CT molecular complexity index is 1120. The van der Waals surface area contributed by atoms with E-state index in [9.17, 15) is 9.90 Å². The van der Waals surface area contributed by atoms with E-state index in [-0.39, 0.29) is 13.0 Å². The van der Waals surface area contributed by atoms with Crippen molar-refractivity contribution >= 4 is 27.9 Å². The molecule has 4 aromatic rings. The van der Waals surface area contributed by atoms with E-state index in [4.69, 9.17) is 13.9 Å². The second-order valence-corrected chi connectivity index (χ2v) is 6.05. The van der Waals surface area contributed by atoms with Gasteiger partial charge in [-0.2, -0.15) is 0 Å². The third-order valence-corrected chi connectivity index (χ3v) is 4.56. The van der Waals surface area contributed by atoms with Gasteiger partial charge in [-0.15, -0.1) is 0 Å². The fourth-order valence-corrected chi connectivity index (χ4v) is 3.28. The molecule has 0 unspecified atom stereocenters. The molecule has 0 saturated heterocycles. The lowest BCUT2D eigenvalue weighted by Gasteiger charge is -2.10. The molecule has 28 heavy (non-hydrogen) atoms. The predicted molar refractivity (Wildman–Crippen MR) is 110 cm³/mol. The fourth-order valence-electron chi connectivity index (χ4n) is 3.28. The van der Waals surface area contributed by atoms with Crippen molar-refractivity contribution in [1.82, 2.24) is 0 Å². The van der Waals surface area contributed by atoms with Crippen LogP contribution in [0.25, 0.3) is 33.1 Å². The van der Waals surface area contributed by atoms with E-state index >= 15 is 0 Å². The molecule has 0 radical (unpaired) electrons. The molecule has 0 aliphatic heterocycles. The molecule has 0 aliphatic rings. The van der Waals surface area contributed by atoms with E-state index in [1.807, 2.05) is 36.4 Å². The van der Waals surface area contributed by atoms with E-state index in [1.54, 1.807) is 38.5 Å². The summed E-state index contributed by atoms with van der Waals surface area (Å²) in [7, 11) is 3.18. The molecule has 5 nitrogen and oxygen atoms in total. The molecule has 0 saturated carbocycles. The highest BCUT2D eigenvalue weighted by atomic mass is 16.5. The van der Waals surface area contributed by atoms with Gasteiger partial charge in [0.05, 0.1) is 42.7 Å². The molecule has 5 heteroatoms. The minimum absolute atomic E-state index is 0. The van der Waals surface area contributed by atoms with Crippen LogP contribution < -0.4 is 9.47 Å². The highest BCUT2D eigenvalue weighted by Gasteiger charge is 2.24. The first-order valence-electron chi connectivity index (χ1n) is 8.36. The summed E-state index contributed by atoms with van der Waals surface area (Å²) in [5.74, 6) is 0.339. The number of ether oxygens (including phenoxy) is 2. The Balaban J connectivity index is 0.00000225. The lowest BCUT2D eigenvalue weighted by Crippen LogP contribution is -2.00. The molecule has 0 spiro atoms. The summed E-state index contributed by atoms with van der Waals surface area (Å²) >= 11 is 0. The summed E-state index contributed by atoms with van der Waals surface area (Å²) in [4.78, 5) is 11.8. The molecule has 4 rings (SSSR count). The minimum atomic E-state index is -0.977. The van der Waals surface area contributed by atoms with Crippen LogP contribution in [0.2, 0.25) is 0 Å². The average molecular weight is 377 g/mol. The largest absolute Gasteiger partial charge is 0.496 e. The van der Waals surface area contributed by atoms with Crippen molar-refractivity contribution in [2.75, 3.05) is 14.2 Å². The van der Waals surface area contributed by atoms with Gasteiger partial charge in [0.1, 0.15) is 11.5 Å². The summed E-state index contributed by atoms with van der Waals surface area (Å²) in [6.45, 7) is 0. The molecule has 0 aliphatic carbocycles. The van der Waals surface area contributed by atoms with E-state index in [1.165, 1.54) is 0 Å². The molecule has 0 amide bonds. The number of carbonyl (C=O) groups is 1. The highest BCUT2D eigenvalue weighted by Crippen LogP contribution is 2.40. The van der Waals surface area contributed by atoms with Crippen molar-refractivity contribution in [2.24, 2.45) is 0 Å². The van der Waals surface area contributed by atoms with Crippen LogP contribution in [-0.4, -0.2) is 25.3 Å². The van der Waals surface area contributed by atoms with Gasteiger partial charge in [-0.1, -0.05) is 25.6 Å². The number of aromatic carboxylic acids is 1. The van der Waals surface area contributed by atoms with Crippen molar-refractivity contribution in [1.29, 1.82) is 0 Å². The van der Waals surface area contributed by atoms with E-state index < -0.39 is 5.97 Å². The Morgan fingerprint density at radius 3 is 1.89 bits per heavy atom. The van der Waals surface area contributed by atoms with Gasteiger partial charge in [0.25, 0.3) is 0 Å². The summed E-state index contributed by atoms with van der Waals surface area (Å²) in [5, 5.41) is 11.3. The van der Waals surface area contributed by atoms with Gasteiger partial charge in [0, 0.05) is 5.56 Å². The Kier molecular flexibility index (Phi) is 5.18. The lowest BCUT2D eigenvalue weighted by molar-refractivity contribution is 0.0697.